The van der Waals surface area contributed by atoms with Crippen molar-refractivity contribution in [2.45, 2.75) is 45.4 Å². The summed E-state index contributed by atoms with van der Waals surface area (Å²) in [5, 5.41) is 13.9. The summed E-state index contributed by atoms with van der Waals surface area (Å²) in [5.74, 6) is 0.692. The minimum absolute atomic E-state index is 0.0957. The topological polar surface area (TPSA) is 92.2 Å². The van der Waals surface area contributed by atoms with E-state index in [2.05, 4.69) is 74.5 Å². The van der Waals surface area contributed by atoms with Gasteiger partial charge in [0, 0.05) is 49.6 Å². The van der Waals surface area contributed by atoms with Crippen LogP contribution in [0.15, 0.2) is 53.3 Å². The second kappa shape index (κ2) is 10.1. The van der Waals surface area contributed by atoms with E-state index in [0.717, 1.165) is 62.1 Å². The molecule has 2 saturated heterocycles. The molecule has 9 heteroatoms. The number of aryl methyl sites for hydroxylation is 2. The monoisotopic (exact) mass is 499 g/mol. The highest BCUT2D eigenvalue weighted by molar-refractivity contribution is 5.81. The third-order valence-electron chi connectivity index (χ3n) is 7.79. The van der Waals surface area contributed by atoms with Crippen LogP contribution in [0.1, 0.15) is 41.4 Å². The standard InChI is InChI=1S/C28H33N7O2/c1-19-15-21-17-24(28(36)29-25(21)16-20(19)2)26(27-30-31-32-35(27)18-23-9-6-14-37-23)34-12-10-33(11-13-34)22-7-4-3-5-8-22/h3-5,7-8,15-17,23,26H,6,9-14,18H2,1-2H3,(H,29,36)/t23-,26+/m0/s1. The Kier molecular flexibility index (Phi) is 6.48. The lowest BCUT2D eigenvalue weighted by Crippen LogP contribution is -2.49. The molecule has 9 nitrogen and oxygen atoms in total. The summed E-state index contributed by atoms with van der Waals surface area (Å²) in [5.41, 5.74) is 5.00. The van der Waals surface area contributed by atoms with Crippen LogP contribution in [0.4, 0.5) is 5.69 Å². The van der Waals surface area contributed by atoms with Crippen molar-refractivity contribution in [1.29, 1.82) is 0 Å². The van der Waals surface area contributed by atoms with E-state index < -0.39 is 0 Å². The molecule has 37 heavy (non-hydrogen) atoms. The Balaban J connectivity index is 1.38. The van der Waals surface area contributed by atoms with Crippen molar-refractivity contribution >= 4 is 16.6 Å². The van der Waals surface area contributed by atoms with Crippen molar-refractivity contribution < 1.29 is 4.74 Å². The first-order valence-corrected chi connectivity index (χ1v) is 13.1. The van der Waals surface area contributed by atoms with E-state index in [-0.39, 0.29) is 17.7 Å². The first kappa shape index (κ1) is 23.8. The van der Waals surface area contributed by atoms with Crippen molar-refractivity contribution in [3.8, 4) is 0 Å². The first-order valence-electron chi connectivity index (χ1n) is 13.1. The van der Waals surface area contributed by atoms with E-state index in [1.165, 1.54) is 11.3 Å². The molecule has 0 saturated carbocycles. The van der Waals surface area contributed by atoms with Crippen LogP contribution in [0.3, 0.4) is 0 Å². The van der Waals surface area contributed by atoms with E-state index in [1.54, 1.807) is 0 Å². The first-order chi connectivity index (χ1) is 18.1. The largest absolute Gasteiger partial charge is 0.376 e. The summed E-state index contributed by atoms with van der Waals surface area (Å²) in [4.78, 5) is 21.4. The predicted molar refractivity (Wildman–Crippen MR) is 143 cm³/mol. The van der Waals surface area contributed by atoms with Gasteiger partial charge in [-0.15, -0.1) is 5.10 Å². The molecule has 192 valence electrons. The van der Waals surface area contributed by atoms with Gasteiger partial charge in [-0.2, -0.15) is 0 Å². The number of anilines is 1. The lowest BCUT2D eigenvalue weighted by atomic mass is 10.00. The van der Waals surface area contributed by atoms with Gasteiger partial charge >= 0.3 is 0 Å². The van der Waals surface area contributed by atoms with Crippen molar-refractivity contribution in [2.75, 3.05) is 37.7 Å². The normalized spacial score (nSPS) is 19.5. The Hall–Kier alpha value is -3.56. The van der Waals surface area contributed by atoms with Crippen LogP contribution in [0.2, 0.25) is 0 Å². The molecule has 1 N–H and O–H groups in total. The molecule has 4 heterocycles. The highest BCUT2D eigenvalue weighted by Crippen LogP contribution is 2.30. The lowest BCUT2D eigenvalue weighted by Gasteiger charge is -2.39. The molecule has 0 radical (unpaired) electrons. The molecule has 0 unspecified atom stereocenters. The summed E-state index contributed by atoms with van der Waals surface area (Å²) >= 11 is 0. The van der Waals surface area contributed by atoms with Gasteiger partial charge in [0.25, 0.3) is 5.56 Å². The van der Waals surface area contributed by atoms with Crippen LogP contribution < -0.4 is 10.5 Å². The van der Waals surface area contributed by atoms with Gasteiger partial charge in [-0.25, -0.2) is 4.68 Å². The third-order valence-corrected chi connectivity index (χ3v) is 7.79. The van der Waals surface area contributed by atoms with Gasteiger partial charge in [0.2, 0.25) is 0 Å². The van der Waals surface area contributed by atoms with Crippen LogP contribution in [-0.2, 0) is 11.3 Å². The number of piperazine rings is 1. The molecule has 0 aliphatic carbocycles. The molecule has 0 spiro atoms. The zero-order valence-electron chi connectivity index (χ0n) is 21.4. The Morgan fingerprint density at radius 3 is 2.59 bits per heavy atom. The molecule has 4 aromatic rings. The van der Waals surface area contributed by atoms with Crippen LogP contribution in [0.5, 0.6) is 0 Å². The van der Waals surface area contributed by atoms with Crippen molar-refractivity contribution in [3.05, 3.63) is 81.4 Å². The Bertz CT molecular complexity index is 1430. The third kappa shape index (κ3) is 4.76. The van der Waals surface area contributed by atoms with Crippen molar-refractivity contribution in [3.63, 3.8) is 0 Å². The second-order valence-corrected chi connectivity index (χ2v) is 10.2. The smallest absolute Gasteiger partial charge is 0.253 e. The van der Waals surface area contributed by atoms with Crippen LogP contribution in [-0.4, -0.2) is 69.0 Å². The molecular formula is C28H33N7O2. The molecule has 2 fully saturated rings. The van der Waals surface area contributed by atoms with E-state index >= 15 is 0 Å². The van der Waals surface area contributed by atoms with Crippen molar-refractivity contribution in [2.24, 2.45) is 0 Å². The summed E-state index contributed by atoms with van der Waals surface area (Å²) in [6, 6.07) is 16.3. The maximum Gasteiger partial charge on any atom is 0.253 e. The van der Waals surface area contributed by atoms with Gasteiger partial charge in [0.15, 0.2) is 5.82 Å². The van der Waals surface area contributed by atoms with Crippen molar-refractivity contribution in [1.82, 2.24) is 30.1 Å². The molecule has 2 aromatic carbocycles. The number of aromatic nitrogens is 5. The van der Waals surface area contributed by atoms with Gasteiger partial charge in [0.05, 0.1) is 12.6 Å². The molecule has 6 rings (SSSR count). The Morgan fingerprint density at radius 2 is 1.84 bits per heavy atom. The van der Waals surface area contributed by atoms with Gasteiger partial charge in [-0.3, -0.25) is 9.69 Å². The summed E-state index contributed by atoms with van der Waals surface area (Å²) in [7, 11) is 0. The highest BCUT2D eigenvalue weighted by atomic mass is 16.5. The maximum atomic E-state index is 13.6. The minimum atomic E-state index is -0.357. The molecule has 2 atom stereocenters. The number of rotatable bonds is 6. The summed E-state index contributed by atoms with van der Waals surface area (Å²) in [6.07, 6.45) is 2.14. The molecular weight excluding hydrogens is 466 g/mol. The number of ether oxygens (including phenoxy) is 1. The number of para-hydroxylation sites is 1. The number of nitrogens with one attached hydrogen (secondary N) is 1. The molecule has 0 bridgehead atoms. The van der Waals surface area contributed by atoms with E-state index in [0.29, 0.717) is 17.9 Å². The minimum Gasteiger partial charge on any atom is -0.376 e. The Morgan fingerprint density at radius 1 is 1.05 bits per heavy atom. The number of benzene rings is 2. The quantitative estimate of drug-likeness (QED) is 0.435. The number of pyridine rings is 1. The zero-order valence-corrected chi connectivity index (χ0v) is 21.4. The average molecular weight is 500 g/mol. The van der Waals surface area contributed by atoms with Gasteiger partial charge in [0.1, 0.15) is 6.04 Å². The zero-order chi connectivity index (χ0) is 25.4. The number of hydrogen-bond acceptors (Lipinski definition) is 7. The number of aromatic amines is 1. The van der Waals surface area contributed by atoms with Crippen LogP contribution in [0.25, 0.3) is 10.9 Å². The number of tetrazole rings is 1. The fraction of sp³-hybridized carbons (Fsp3) is 0.429. The fourth-order valence-corrected chi connectivity index (χ4v) is 5.59. The average Bonchev–Trinajstić information content (AvgIpc) is 3.60. The predicted octanol–water partition coefficient (Wildman–Crippen LogP) is 3.22. The lowest BCUT2D eigenvalue weighted by molar-refractivity contribution is 0.0906. The van der Waals surface area contributed by atoms with E-state index in [9.17, 15) is 4.79 Å². The molecule has 2 aliphatic heterocycles. The summed E-state index contributed by atoms with van der Waals surface area (Å²) in [6.45, 7) is 8.82. The Labute approximate surface area is 216 Å². The molecule has 2 aromatic heterocycles. The number of hydrogen-bond donors (Lipinski definition) is 1. The number of fused-ring (bicyclic) bond motifs is 1. The molecule has 0 amide bonds. The van der Waals surface area contributed by atoms with E-state index in [4.69, 9.17) is 4.74 Å². The second-order valence-electron chi connectivity index (χ2n) is 10.2. The highest BCUT2D eigenvalue weighted by Gasteiger charge is 2.33. The maximum absolute atomic E-state index is 13.6. The van der Waals surface area contributed by atoms with E-state index in [1.807, 2.05) is 22.9 Å². The van der Waals surface area contributed by atoms with Crippen LogP contribution in [0, 0.1) is 13.8 Å². The van der Waals surface area contributed by atoms with Gasteiger partial charge in [-0.1, -0.05) is 18.2 Å². The summed E-state index contributed by atoms with van der Waals surface area (Å²) < 4.78 is 7.72. The number of nitrogens with zero attached hydrogens (tertiary/aromatic N) is 6. The molecule has 2 aliphatic rings. The SMILES string of the molecule is Cc1cc2cc([C@H](c3nnnn3C[C@@H]3CCCO3)N3CCN(c4ccccc4)CC3)c(=O)[nH]c2cc1C. The fourth-order valence-electron chi connectivity index (χ4n) is 5.59. The van der Waals surface area contributed by atoms with Gasteiger partial charge < -0.3 is 14.6 Å². The van der Waals surface area contributed by atoms with Gasteiger partial charge in [-0.05, 0) is 84.0 Å². The number of H-pyrrole nitrogens is 1. The van der Waals surface area contributed by atoms with Crippen LogP contribution >= 0.6 is 0 Å².